The van der Waals surface area contributed by atoms with Gasteiger partial charge in [0.25, 0.3) is 5.91 Å². The molecule has 10 atom stereocenters. The maximum atomic E-state index is 14.5. The van der Waals surface area contributed by atoms with Crippen molar-refractivity contribution in [2.75, 3.05) is 65.3 Å². The second kappa shape index (κ2) is 30.3. The number of hydrogen-bond acceptors (Lipinski definition) is 16. The summed E-state index contributed by atoms with van der Waals surface area (Å²) in [7, 11) is 7.07. The summed E-state index contributed by atoms with van der Waals surface area (Å²) in [6, 6.07) is 3.37. The number of ether oxygens (including phenoxy) is 6. The Morgan fingerprint density at radius 2 is 1.70 bits per heavy atom. The summed E-state index contributed by atoms with van der Waals surface area (Å²) < 4.78 is 35.2. The van der Waals surface area contributed by atoms with Gasteiger partial charge in [-0.1, -0.05) is 68.7 Å². The number of likely N-dealkylation sites (N-methyl/N-ethyl adjacent to an activating group) is 1. The van der Waals surface area contributed by atoms with E-state index in [-0.39, 0.29) is 72.0 Å². The van der Waals surface area contributed by atoms with Gasteiger partial charge in [-0.3, -0.25) is 34.1 Å². The van der Waals surface area contributed by atoms with Crippen LogP contribution in [-0.2, 0) is 54.1 Å². The fourth-order valence-corrected chi connectivity index (χ4v) is 11.1. The molecule has 2 aromatic carbocycles. The van der Waals surface area contributed by atoms with Crippen molar-refractivity contribution in [3.05, 3.63) is 82.4 Å². The van der Waals surface area contributed by atoms with Crippen molar-refractivity contribution in [1.82, 2.24) is 31.1 Å². The Morgan fingerprint density at radius 1 is 0.977 bits per heavy atom. The van der Waals surface area contributed by atoms with Gasteiger partial charge in [-0.05, 0) is 94.7 Å². The summed E-state index contributed by atoms with van der Waals surface area (Å²) in [5, 5.41) is 25.4. The molecular weight excluding hydrogens is 1150 g/mol. The standard InChI is InChI=1S/C61H84ClN9O16/c1-34(2)52(67-48(72)21-13-12-14-26-71-27-17-22-49(71)73)55(76)66-41(19-16-25-64-58(63)79)54(75)65-40-24-23-39(31-43(40)82-9)56(77)69(7)37(5)57(78)86-47-32-50(74)70(8)42-29-38(30-44(83-10)51(42)62)28-35(3)18-15-20-46(84-11)61(81)33-45(85-59(80)68-61)36(4)53-60(47,6)87-53/h15,17-18,20,22-24,29-31,34,36-37,41,45-47,52-53,81H,12-14,16,19,21,25-28,32-33H2,1-11H3,(H,65,75)(H,66,76)(H,67,72)(H,68,80)(H3,63,64,79)/b20-15+,35-18+/t36-,37+,41+,45+,46-,47+,52+,53+,60+,61+/m1/s1. The van der Waals surface area contributed by atoms with Crippen molar-refractivity contribution in [2.45, 2.75) is 153 Å². The molecule has 6 rings (SSSR count). The SMILES string of the molecule is COc1cc(C(=O)N(C)[C@@H](C)C(=O)O[C@H]2CC(=O)N(C)c3cc(cc(OC)c3Cl)C/C(C)=C/C=C/[C@@H](OC)[C@@]3(O)C[C@H](OC(=O)N3)[C@@H](C)[C@@H]3O[C@@]23C)ccc1NC(=O)[C@H](CCCNC(N)=O)NC(=O)[C@@H](NC(=O)CCCCCN1CC=CC1=O)C(C)C. The largest absolute Gasteiger partial charge is 0.495 e. The summed E-state index contributed by atoms with van der Waals surface area (Å²) >= 11 is 6.86. The summed E-state index contributed by atoms with van der Waals surface area (Å²) in [5.74, 6) is -4.51. The molecule has 25 nitrogen and oxygen atoms in total. The number of fused-ring (bicyclic) bond motifs is 5. The van der Waals surface area contributed by atoms with Crippen LogP contribution in [0.5, 0.6) is 11.5 Å². The number of unbranched alkanes of at least 4 members (excludes halogenated alkanes) is 2. The molecule has 4 bridgehead atoms. The van der Waals surface area contributed by atoms with Gasteiger partial charge in [-0.25, -0.2) is 14.4 Å². The van der Waals surface area contributed by atoms with E-state index in [9.17, 15) is 48.3 Å². The van der Waals surface area contributed by atoms with Crippen molar-refractivity contribution < 1.29 is 76.7 Å². The molecular formula is C61H84ClN9O16. The van der Waals surface area contributed by atoms with Gasteiger partial charge >= 0.3 is 18.1 Å². The molecule has 0 aromatic heterocycles. The van der Waals surface area contributed by atoms with Gasteiger partial charge in [-0.2, -0.15) is 0 Å². The molecule has 26 heteroatoms. The number of carbonyl (C=O) groups excluding carboxylic acids is 9. The number of nitrogens with two attached hydrogens (primary N) is 1. The summed E-state index contributed by atoms with van der Waals surface area (Å²) in [4.78, 5) is 125. The number of anilines is 2. The average molecular weight is 1230 g/mol. The number of hydrogen-bond donors (Lipinski definition) is 7. The lowest BCUT2D eigenvalue weighted by molar-refractivity contribution is -0.158. The minimum absolute atomic E-state index is 0.0282. The van der Waals surface area contributed by atoms with Gasteiger partial charge in [0.05, 0.1) is 38.1 Å². The topological polar surface area (TPSA) is 328 Å². The Hall–Kier alpha value is -7.74. The first-order valence-corrected chi connectivity index (χ1v) is 29.5. The van der Waals surface area contributed by atoms with Crippen LogP contribution in [0.4, 0.5) is 21.0 Å². The second-order valence-electron chi connectivity index (χ2n) is 23.0. The lowest BCUT2D eigenvalue weighted by Crippen LogP contribution is -2.63. The van der Waals surface area contributed by atoms with Crippen LogP contribution in [0.25, 0.3) is 0 Å². The maximum Gasteiger partial charge on any atom is 0.409 e. The summed E-state index contributed by atoms with van der Waals surface area (Å²) in [6.45, 7) is 11.5. The van der Waals surface area contributed by atoms with E-state index in [0.717, 1.165) is 16.0 Å². The van der Waals surface area contributed by atoms with E-state index in [1.54, 1.807) is 63.0 Å². The molecule has 4 heterocycles. The van der Waals surface area contributed by atoms with E-state index in [0.29, 0.717) is 50.2 Å². The van der Waals surface area contributed by atoms with E-state index in [1.807, 2.05) is 13.0 Å². The number of alkyl carbamates (subject to hydrolysis) is 1. The number of primary amides is 1. The third kappa shape index (κ3) is 17.5. The minimum Gasteiger partial charge on any atom is -0.495 e. The van der Waals surface area contributed by atoms with Crippen LogP contribution < -0.4 is 46.7 Å². The van der Waals surface area contributed by atoms with E-state index in [1.165, 1.54) is 71.5 Å². The van der Waals surface area contributed by atoms with Gasteiger partial charge in [0.15, 0.2) is 5.72 Å². The smallest absolute Gasteiger partial charge is 0.409 e. The van der Waals surface area contributed by atoms with Crippen LogP contribution in [0.3, 0.4) is 0 Å². The maximum absolute atomic E-state index is 14.5. The number of halogens is 1. The zero-order valence-electron chi connectivity index (χ0n) is 51.3. The number of urea groups is 1. The van der Waals surface area contributed by atoms with Gasteiger partial charge in [0.1, 0.15) is 58.6 Å². The number of epoxide rings is 1. The van der Waals surface area contributed by atoms with Crippen LogP contribution >= 0.6 is 11.6 Å². The van der Waals surface area contributed by atoms with Crippen molar-refractivity contribution in [3.63, 3.8) is 0 Å². The van der Waals surface area contributed by atoms with E-state index in [4.69, 9.17) is 45.8 Å². The molecule has 0 spiro atoms. The highest BCUT2D eigenvalue weighted by Gasteiger charge is 2.64. The fraction of sp³-hybridized carbons (Fsp3) is 0.557. The predicted molar refractivity (Wildman–Crippen MR) is 322 cm³/mol. The zero-order chi connectivity index (χ0) is 64.1. The Morgan fingerprint density at radius 3 is 2.36 bits per heavy atom. The van der Waals surface area contributed by atoms with E-state index < -0.39 is 108 Å². The van der Waals surface area contributed by atoms with Crippen LogP contribution in [0, 0.1) is 11.8 Å². The number of methoxy groups -OCH3 is 3. The number of allylic oxidation sites excluding steroid dienone is 3. The number of amides is 9. The molecule has 2 fully saturated rings. The molecule has 9 amide bonds. The average Bonchev–Trinajstić information content (AvgIpc) is 2.47. The summed E-state index contributed by atoms with van der Waals surface area (Å²) in [5.41, 5.74) is 4.03. The van der Waals surface area contributed by atoms with Crippen molar-refractivity contribution in [1.29, 1.82) is 0 Å². The highest BCUT2D eigenvalue weighted by Crippen LogP contribution is 2.49. The number of nitrogens with one attached hydrogen (secondary N) is 5. The molecule has 87 heavy (non-hydrogen) atoms. The second-order valence-corrected chi connectivity index (χ2v) is 23.4. The van der Waals surface area contributed by atoms with Gasteiger partial charge in [0, 0.05) is 71.2 Å². The number of aliphatic hydroxyl groups is 1. The molecule has 2 saturated heterocycles. The van der Waals surface area contributed by atoms with Crippen molar-refractivity contribution in [3.8, 4) is 11.5 Å². The molecule has 476 valence electrons. The van der Waals surface area contributed by atoms with E-state index >= 15 is 0 Å². The minimum atomic E-state index is -1.92. The van der Waals surface area contributed by atoms with Crippen LogP contribution in [-0.4, -0.2) is 177 Å². The summed E-state index contributed by atoms with van der Waals surface area (Å²) in [6.07, 6.45) is 5.63. The number of carbonyl (C=O) groups is 9. The molecule has 4 aliphatic heterocycles. The number of rotatable bonds is 23. The van der Waals surface area contributed by atoms with Gasteiger partial charge < -0.3 is 75.2 Å². The zero-order valence-corrected chi connectivity index (χ0v) is 52.1. The lowest BCUT2D eigenvalue weighted by Gasteiger charge is -2.42. The first-order chi connectivity index (χ1) is 41.1. The first kappa shape index (κ1) is 68.4. The number of esters is 1. The molecule has 0 saturated carbocycles. The van der Waals surface area contributed by atoms with Gasteiger partial charge in [0.2, 0.25) is 29.5 Å². The molecule has 2 aromatic rings. The van der Waals surface area contributed by atoms with Gasteiger partial charge in [-0.15, -0.1) is 0 Å². The lowest BCUT2D eigenvalue weighted by atomic mass is 9.83. The molecule has 0 unspecified atom stereocenters. The highest BCUT2D eigenvalue weighted by molar-refractivity contribution is 6.35. The first-order valence-electron chi connectivity index (χ1n) is 29.1. The Labute approximate surface area is 512 Å². The van der Waals surface area contributed by atoms with Crippen LogP contribution in [0.2, 0.25) is 5.02 Å². The third-order valence-electron chi connectivity index (χ3n) is 16.3. The number of benzene rings is 2. The van der Waals surface area contributed by atoms with Crippen molar-refractivity contribution >= 4 is 76.5 Å². The van der Waals surface area contributed by atoms with E-state index in [2.05, 4.69) is 26.6 Å². The predicted octanol–water partition coefficient (Wildman–Crippen LogP) is 4.81. The Bertz CT molecular complexity index is 2990. The number of nitrogens with zero attached hydrogens (tertiary/aromatic N) is 3. The quantitative estimate of drug-likeness (QED) is 0.0446. The Balaban J connectivity index is 1.18. The van der Waals surface area contributed by atoms with Crippen LogP contribution in [0.1, 0.15) is 109 Å². The van der Waals surface area contributed by atoms with Crippen molar-refractivity contribution in [2.24, 2.45) is 17.6 Å². The fourth-order valence-electron chi connectivity index (χ4n) is 10.8. The van der Waals surface area contributed by atoms with Crippen LogP contribution in [0.15, 0.2) is 66.3 Å². The molecule has 4 aliphatic rings. The highest BCUT2D eigenvalue weighted by atomic mass is 35.5. The third-order valence-corrected chi connectivity index (χ3v) is 16.6. The molecule has 8 N–H and O–H groups in total. The molecule has 0 radical (unpaired) electrons. The Kier molecular flexibility index (Phi) is 23.8. The normalized spacial score (nSPS) is 24.8. The molecule has 0 aliphatic carbocycles. The monoisotopic (exact) mass is 1230 g/mol.